The topological polar surface area (TPSA) is 46.2 Å². The summed E-state index contributed by atoms with van der Waals surface area (Å²) >= 11 is 0. The van der Waals surface area contributed by atoms with Crippen LogP contribution in [-0.2, 0) is 9.59 Å². The van der Waals surface area contributed by atoms with Gasteiger partial charge in [-0.3, -0.25) is 9.59 Å². The van der Waals surface area contributed by atoms with Crippen LogP contribution in [0.15, 0.2) is 0 Å². The molecule has 0 bridgehead atoms. The van der Waals surface area contributed by atoms with Crippen molar-refractivity contribution in [1.29, 1.82) is 0 Å². The number of carbonyl (C=O) groups is 2. The lowest BCUT2D eigenvalue weighted by molar-refractivity contribution is -0.128. The Bertz CT molecular complexity index is 276. The molecule has 118 valence electrons. The van der Waals surface area contributed by atoms with Crippen LogP contribution in [0.5, 0.6) is 0 Å². The molecule has 3 nitrogen and oxygen atoms in total. The van der Waals surface area contributed by atoms with Crippen LogP contribution in [-0.4, -0.2) is 17.7 Å². The smallest absolute Gasteiger partial charge is 0.217 e. The number of Topliss-reactive ketones (excluding diaryl/α,β-unsaturated/α-hetero) is 1. The molecule has 0 rings (SSSR count). The zero-order valence-electron chi connectivity index (χ0n) is 13.8. The van der Waals surface area contributed by atoms with Crippen molar-refractivity contribution in [3.05, 3.63) is 0 Å². The van der Waals surface area contributed by atoms with Gasteiger partial charge in [-0.15, -0.1) is 0 Å². The molecule has 3 heteroatoms. The molecule has 0 fully saturated rings. The zero-order chi connectivity index (χ0) is 15.4. The minimum Gasteiger partial charge on any atom is -0.346 e. The lowest BCUT2D eigenvalue weighted by atomic mass is 9.92. The number of ketones is 1. The molecule has 1 N–H and O–H groups in total. The number of hydrogen-bond acceptors (Lipinski definition) is 2. The number of nitrogens with one attached hydrogen (secondary N) is 1. The van der Waals surface area contributed by atoms with E-state index in [2.05, 4.69) is 19.2 Å². The summed E-state index contributed by atoms with van der Waals surface area (Å²) in [4.78, 5) is 23.4. The second-order valence-electron chi connectivity index (χ2n) is 5.90. The van der Waals surface area contributed by atoms with Crippen LogP contribution in [0.1, 0.15) is 85.5 Å². The Morgan fingerprint density at radius 3 is 2.00 bits per heavy atom. The van der Waals surface area contributed by atoms with Gasteiger partial charge in [-0.2, -0.15) is 0 Å². The molecule has 0 radical (unpaired) electrons. The van der Waals surface area contributed by atoms with Gasteiger partial charge in [0.2, 0.25) is 5.91 Å². The Hall–Kier alpha value is -0.860. The Labute approximate surface area is 124 Å². The van der Waals surface area contributed by atoms with Crippen LogP contribution < -0.4 is 5.32 Å². The normalized spacial score (nSPS) is 13.8. The van der Waals surface area contributed by atoms with Gasteiger partial charge in [0.05, 0.1) is 6.04 Å². The van der Waals surface area contributed by atoms with Crippen LogP contribution in [0.3, 0.4) is 0 Å². The van der Waals surface area contributed by atoms with Crippen LogP contribution >= 0.6 is 0 Å². The van der Waals surface area contributed by atoms with E-state index in [1.807, 2.05) is 6.92 Å². The van der Waals surface area contributed by atoms with Gasteiger partial charge in [-0.25, -0.2) is 0 Å². The highest BCUT2D eigenvalue weighted by molar-refractivity contribution is 5.88. The first-order valence-electron chi connectivity index (χ1n) is 8.32. The van der Waals surface area contributed by atoms with Gasteiger partial charge >= 0.3 is 0 Å². The fourth-order valence-electron chi connectivity index (χ4n) is 2.41. The standard InChI is InChI=1S/C17H33NO2/c1-5-7-8-9-10-11-12-13-16(20)17(14(3)6-2)18-15(4)19/h14,17H,5-13H2,1-4H3,(H,18,19)/t14?,17-/m0/s1. The van der Waals surface area contributed by atoms with Crippen LogP contribution in [0.2, 0.25) is 0 Å². The molecule has 2 atom stereocenters. The SMILES string of the molecule is CCCCCCCCCC(=O)[C@@H](NC(C)=O)C(C)CC. The summed E-state index contributed by atoms with van der Waals surface area (Å²) in [5.74, 6) is 0.308. The van der Waals surface area contributed by atoms with Crippen LogP contribution in [0.25, 0.3) is 0 Å². The molecule has 0 spiro atoms. The Balaban J connectivity index is 3.92. The average Bonchev–Trinajstić information content (AvgIpc) is 2.42. The molecule has 0 aromatic carbocycles. The van der Waals surface area contributed by atoms with Crippen molar-refractivity contribution in [1.82, 2.24) is 5.32 Å². The van der Waals surface area contributed by atoms with Crippen molar-refractivity contribution >= 4 is 11.7 Å². The van der Waals surface area contributed by atoms with E-state index in [9.17, 15) is 9.59 Å². The fraction of sp³-hybridized carbons (Fsp3) is 0.882. The van der Waals surface area contributed by atoms with Crippen molar-refractivity contribution in [3.8, 4) is 0 Å². The predicted molar refractivity (Wildman–Crippen MR) is 84.7 cm³/mol. The van der Waals surface area contributed by atoms with Crippen molar-refractivity contribution in [2.45, 2.75) is 91.5 Å². The minimum absolute atomic E-state index is 0.108. The van der Waals surface area contributed by atoms with E-state index in [1.165, 1.54) is 39.0 Å². The minimum atomic E-state index is -0.294. The van der Waals surface area contributed by atoms with E-state index >= 15 is 0 Å². The van der Waals surface area contributed by atoms with Gasteiger partial charge in [-0.1, -0.05) is 65.7 Å². The maximum absolute atomic E-state index is 12.2. The van der Waals surface area contributed by atoms with Crippen molar-refractivity contribution in [3.63, 3.8) is 0 Å². The van der Waals surface area contributed by atoms with Gasteiger partial charge in [0, 0.05) is 13.3 Å². The molecule has 0 aliphatic heterocycles. The third-order valence-electron chi connectivity index (χ3n) is 3.95. The molecular weight excluding hydrogens is 250 g/mol. The summed E-state index contributed by atoms with van der Waals surface area (Å²) in [5, 5.41) is 2.81. The molecule has 1 unspecified atom stereocenters. The number of hydrogen-bond donors (Lipinski definition) is 1. The lowest BCUT2D eigenvalue weighted by Crippen LogP contribution is -2.44. The first-order chi connectivity index (χ1) is 9.52. The van der Waals surface area contributed by atoms with E-state index in [1.54, 1.807) is 0 Å². The summed E-state index contributed by atoms with van der Waals surface area (Å²) in [5.41, 5.74) is 0. The average molecular weight is 283 g/mol. The quantitative estimate of drug-likeness (QED) is 0.544. The van der Waals surface area contributed by atoms with E-state index < -0.39 is 0 Å². The Kier molecular flexibility index (Phi) is 11.4. The molecule has 0 aromatic rings. The van der Waals surface area contributed by atoms with Crippen molar-refractivity contribution in [2.75, 3.05) is 0 Å². The summed E-state index contributed by atoms with van der Waals surface area (Å²) in [6.07, 6.45) is 10.00. The first-order valence-corrected chi connectivity index (χ1v) is 8.32. The monoisotopic (exact) mass is 283 g/mol. The highest BCUT2D eigenvalue weighted by Gasteiger charge is 2.23. The van der Waals surface area contributed by atoms with Gasteiger partial charge in [-0.05, 0) is 12.3 Å². The summed E-state index contributed by atoms with van der Waals surface area (Å²) in [6.45, 7) is 7.79. The summed E-state index contributed by atoms with van der Waals surface area (Å²) in [7, 11) is 0. The van der Waals surface area contributed by atoms with E-state index in [4.69, 9.17) is 0 Å². The number of carbonyl (C=O) groups excluding carboxylic acids is 2. The van der Waals surface area contributed by atoms with E-state index in [-0.39, 0.29) is 23.7 Å². The van der Waals surface area contributed by atoms with Crippen molar-refractivity contribution < 1.29 is 9.59 Å². The van der Waals surface area contributed by atoms with Crippen molar-refractivity contribution in [2.24, 2.45) is 5.92 Å². The molecule has 0 aliphatic rings. The maximum Gasteiger partial charge on any atom is 0.217 e. The van der Waals surface area contributed by atoms with Crippen LogP contribution in [0.4, 0.5) is 0 Å². The van der Waals surface area contributed by atoms with Gasteiger partial charge < -0.3 is 5.32 Å². The fourth-order valence-corrected chi connectivity index (χ4v) is 2.41. The Morgan fingerprint density at radius 2 is 1.50 bits per heavy atom. The second kappa shape index (κ2) is 11.9. The predicted octanol–water partition coefficient (Wildman–Crippen LogP) is 4.25. The molecule has 0 heterocycles. The van der Waals surface area contributed by atoms with E-state index in [0.29, 0.717) is 6.42 Å². The van der Waals surface area contributed by atoms with Gasteiger partial charge in [0.25, 0.3) is 0 Å². The summed E-state index contributed by atoms with van der Waals surface area (Å²) < 4.78 is 0. The second-order valence-corrected chi connectivity index (χ2v) is 5.90. The highest BCUT2D eigenvalue weighted by Crippen LogP contribution is 2.14. The molecule has 0 aliphatic carbocycles. The zero-order valence-corrected chi connectivity index (χ0v) is 13.8. The molecule has 1 amide bonds. The van der Waals surface area contributed by atoms with E-state index in [0.717, 1.165) is 19.3 Å². The van der Waals surface area contributed by atoms with Gasteiger partial charge in [0.15, 0.2) is 5.78 Å². The summed E-state index contributed by atoms with van der Waals surface area (Å²) in [6, 6.07) is -0.294. The third-order valence-corrected chi connectivity index (χ3v) is 3.95. The first kappa shape index (κ1) is 19.1. The van der Waals surface area contributed by atoms with Crippen LogP contribution in [0, 0.1) is 5.92 Å². The maximum atomic E-state index is 12.2. The number of rotatable bonds is 12. The third kappa shape index (κ3) is 9.11. The highest BCUT2D eigenvalue weighted by atomic mass is 16.2. The molecular formula is C17H33NO2. The number of amides is 1. The molecule has 20 heavy (non-hydrogen) atoms. The number of unbranched alkanes of at least 4 members (excludes halogenated alkanes) is 6. The largest absolute Gasteiger partial charge is 0.346 e. The van der Waals surface area contributed by atoms with Gasteiger partial charge in [0.1, 0.15) is 0 Å². The lowest BCUT2D eigenvalue weighted by Gasteiger charge is -2.22. The molecule has 0 saturated carbocycles. The molecule has 0 aromatic heterocycles. The molecule has 0 saturated heterocycles. The Morgan fingerprint density at radius 1 is 0.950 bits per heavy atom.